The lowest BCUT2D eigenvalue weighted by atomic mass is 9.97. The van der Waals surface area contributed by atoms with E-state index in [2.05, 4.69) is 10.00 Å². The van der Waals surface area contributed by atoms with Crippen LogP contribution in [0.1, 0.15) is 50.8 Å². The van der Waals surface area contributed by atoms with Gasteiger partial charge in [0.15, 0.2) is 0 Å². The van der Waals surface area contributed by atoms with Gasteiger partial charge in [-0.15, -0.1) is 0 Å². The van der Waals surface area contributed by atoms with Gasteiger partial charge in [0.1, 0.15) is 5.82 Å². The molecular formula is C19H34N6O2. The molecule has 1 aromatic rings. The van der Waals surface area contributed by atoms with Gasteiger partial charge >= 0.3 is 11.7 Å². The van der Waals surface area contributed by atoms with Crippen molar-refractivity contribution in [3.63, 3.8) is 0 Å². The third-order valence-electron chi connectivity index (χ3n) is 5.71. The largest absolute Gasteiger partial charge is 0.345 e. The van der Waals surface area contributed by atoms with Crippen molar-refractivity contribution >= 4 is 6.03 Å². The number of carbonyl (C=O) groups excluding carboxylic acids is 1. The van der Waals surface area contributed by atoms with E-state index in [0.717, 1.165) is 57.7 Å². The van der Waals surface area contributed by atoms with E-state index in [-0.39, 0.29) is 17.6 Å². The van der Waals surface area contributed by atoms with Crippen LogP contribution in [-0.4, -0.2) is 81.9 Å². The minimum absolute atomic E-state index is 0.0335. The summed E-state index contributed by atoms with van der Waals surface area (Å²) in [6.45, 7) is 7.20. The number of rotatable bonds is 5. The molecule has 0 radical (unpaired) electrons. The van der Waals surface area contributed by atoms with E-state index in [4.69, 9.17) is 0 Å². The molecule has 3 rings (SSSR count). The Kier molecular flexibility index (Phi) is 6.57. The molecular weight excluding hydrogens is 344 g/mol. The summed E-state index contributed by atoms with van der Waals surface area (Å²) >= 11 is 0. The number of hydrogen-bond acceptors (Lipinski definition) is 4. The van der Waals surface area contributed by atoms with Crippen LogP contribution >= 0.6 is 0 Å². The molecule has 0 N–H and O–H groups in total. The minimum atomic E-state index is -0.0335. The van der Waals surface area contributed by atoms with Gasteiger partial charge in [-0.25, -0.2) is 14.3 Å². The molecule has 2 amide bonds. The zero-order valence-electron chi connectivity index (χ0n) is 17.1. The smallest absolute Gasteiger partial charge is 0.325 e. The third-order valence-corrected chi connectivity index (χ3v) is 5.71. The standard InChI is InChI=1S/C19H34N6O2/c1-4-24-17(20-25(19(24)27)14-13-21(2)3)16-9-8-12-23(15-16)18(26)22-10-6-5-7-11-22/h16H,4-15H2,1-3H3. The zero-order chi connectivity index (χ0) is 19.4. The van der Waals surface area contributed by atoms with Gasteiger partial charge in [0.05, 0.1) is 6.54 Å². The quantitative estimate of drug-likeness (QED) is 0.777. The van der Waals surface area contributed by atoms with Crippen LogP contribution in [0.3, 0.4) is 0 Å². The van der Waals surface area contributed by atoms with Crippen molar-refractivity contribution in [2.75, 3.05) is 46.8 Å². The molecule has 152 valence electrons. The number of carbonyl (C=O) groups is 1. The van der Waals surface area contributed by atoms with Crippen molar-refractivity contribution in [2.24, 2.45) is 0 Å². The van der Waals surface area contributed by atoms with E-state index in [1.165, 1.54) is 6.42 Å². The summed E-state index contributed by atoms with van der Waals surface area (Å²) in [6.07, 6.45) is 5.38. The van der Waals surface area contributed by atoms with Crippen LogP contribution in [-0.2, 0) is 13.1 Å². The Balaban J connectivity index is 1.74. The SMILES string of the molecule is CCn1c(C2CCCN(C(=O)N3CCCCC3)C2)nn(CCN(C)C)c1=O. The highest BCUT2D eigenvalue weighted by Gasteiger charge is 2.31. The molecule has 1 atom stereocenters. The van der Waals surface area contributed by atoms with E-state index in [0.29, 0.717) is 19.6 Å². The van der Waals surface area contributed by atoms with Crippen molar-refractivity contribution in [3.05, 3.63) is 16.3 Å². The molecule has 2 aliphatic heterocycles. The summed E-state index contributed by atoms with van der Waals surface area (Å²) in [5.74, 6) is 0.984. The van der Waals surface area contributed by atoms with Gasteiger partial charge in [-0.1, -0.05) is 0 Å². The molecule has 1 unspecified atom stereocenters. The highest BCUT2D eigenvalue weighted by atomic mass is 16.2. The molecule has 27 heavy (non-hydrogen) atoms. The summed E-state index contributed by atoms with van der Waals surface area (Å²) in [5.41, 5.74) is -0.0335. The maximum atomic E-state index is 12.9. The lowest BCUT2D eigenvalue weighted by molar-refractivity contribution is 0.129. The Labute approximate surface area is 161 Å². The number of aromatic nitrogens is 3. The Bertz CT molecular complexity index is 689. The number of likely N-dealkylation sites (tertiary alicyclic amines) is 2. The average molecular weight is 379 g/mol. The highest BCUT2D eigenvalue weighted by molar-refractivity contribution is 5.74. The molecule has 0 bridgehead atoms. The topological polar surface area (TPSA) is 66.6 Å². The molecule has 2 saturated heterocycles. The van der Waals surface area contributed by atoms with Gasteiger partial charge in [-0.05, 0) is 53.1 Å². The summed E-state index contributed by atoms with van der Waals surface area (Å²) in [5, 5.41) is 4.67. The second kappa shape index (κ2) is 8.91. The van der Waals surface area contributed by atoms with Crippen molar-refractivity contribution < 1.29 is 4.79 Å². The van der Waals surface area contributed by atoms with Crippen molar-refractivity contribution in [3.8, 4) is 0 Å². The Morgan fingerprint density at radius 2 is 1.81 bits per heavy atom. The Morgan fingerprint density at radius 1 is 1.11 bits per heavy atom. The van der Waals surface area contributed by atoms with E-state index < -0.39 is 0 Å². The summed E-state index contributed by atoms with van der Waals surface area (Å²) in [4.78, 5) is 31.6. The van der Waals surface area contributed by atoms with Crippen LogP contribution in [0.2, 0.25) is 0 Å². The summed E-state index contributed by atoms with van der Waals surface area (Å²) in [7, 11) is 3.99. The molecule has 0 aromatic carbocycles. The second-order valence-electron chi connectivity index (χ2n) is 8.03. The molecule has 2 aliphatic rings. The number of hydrogen-bond donors (Lipinski definition) is 0. The highest BCUT2D eigenvalue weighted by Crippen LogP contribution is 2.26. The van der Waals surface area contributed by atoms with Gasteiger partial charge in [0.2, 0.25) is 0 Å². The maximum Gasteiger partial charge on any atom is 0.345 e. The number of likely N-dealkylation sites (N-methyl/N-ethyl adjacent to an activating group) is 1. The van der Waals surface area contributed by atoms with Crippen LogP contribution in [0.4, 0.5) is 4.79 Å². The van der Waals surface area contributed by atoms with E-state index in [9.17, 15) is 9.59 Å². The van der Waals surface area contributed by atoms with E-state index in [1.807, 2.05) is 30.8 Å². The minimum Gasteiger partial charge on any atom is -0.325 e. The number of amides is 2. The fourth-order valence-electron chi connectivity index (χ4n) is 4.14. The van der Waals surface area contributed by atoms with Crippen molar-refractivity contribution in [2.45, 2.75) is 58.0 Å². The first-order chi connectivity index (χ1) is 13.0. The van der Waals surface area contributed by atoms with Gasteiger partial charge in [0.25, 0.3) is 0 Å². The van der Waals surface area contributed by atoms with Crippen LogP contribution < -0.4 is 5.69 Å². The Hall–Kier alpha value is -1.83. The molecule has 8 nitrogen and oxygen atoms in total. The first kappa shape index (κ1) is 19.9. The van der Waals surface area contributed by atoms with Crippen LogP contribution in [0.5, 0.6) is 0 Å². The number of piperidine rings is 2. The Morgan fingerprint density at radius 3 is 2.48 bits per heavy atom. The van der Waals surface area contributed by atoms with Crippen LogP contribution in [0.15, 0.2) is 4.79 Å². The van der Waals surface area contributed by atoms with Gasteiger partial charge < -0.3 is 14.7 Å². The fourth-order valence-corrected chi connectivity index (χ4v) is 4.14. The van der Waals surface area contributed by atoms with Crippen LogP contribution in [0.25, 0.3) is 0 Å². The van der Waals surface area contributed by atoms with Gasteiger partial charge in [-0.3, -0.25) is 4.57 Å². The van der Waals surface area contributed by atoms with Crippen molar-refractivity contribution in [1.29, 1.82) is 0 Å². The zero-order valence-corrected chi connectivity index (χ0v) is 17.1. The summed E-state index contributed by atoms with van der Waals surface area (Å²) < 4.78 is 3.37. The average Bonchev–Trinajstić information content (AvgIpc) is 3.02. The van der Waals surface area contributed by atoms with E-state index in [1.54, 1.807) is 9.25 Å². The number of nitrogens with zero attached hydrogens (tertiary/aromatic N) is 6. The fraction of sp³-hybridized carbons (Fsp3) is 0.842. The van der Waals surface area contributed by atoms with Crippen LogP contribution in [0, 0.1) is 0 Å². The molecule has 2 fully saturated rings. The lowest BCUT2D eigenvalue weighted by Gasteiger charge is -2.37. The molecule has 3 heterocycles. The predicted octanol–water partition coefficient (Wildman–Crippen LogP) is 1.41. The molecule has 0 spiro atoms. The van der Waals surface area contributed by atoms with Crippen molar-refractivity contribution in [1.82, 2.24) is 29.0 Å². The number of urea groups is 1. The monoisotopic (exact) mass is 378 g/mol. The normalized spacial score (nSPS) is 21.1. The van der Waals surface area contributed by atoms with E-state index >= 15 is 0 Å². The van der Waals surface area contributed by atoms with Gasteiger partial charge in [-0.2, -0.15) is 5.10 Å². The molecule has 1 aromatic heterocycles. The predicted molar refractivity (Wildman–Crippen MR) is 105 cm³/mol. The molecule has 0 saturated carbocycles. The molecule has 8 heteroatoms. The lowest BCUT2D eigenvalue weighted by Crippen LogP contribution is -2.49. The second-order valence-corrected chi connectivity index (χ2v) is 8.03. The van der Waals surface area contributed by atoms with Gasteiger partial charge in [0, 0.05) is 45.2 Å². The maximum absolute atomic E-state index is 12.9. The summed E-state index contributed by atoms with van der Waals surface area (Å²) in [6, 6.07) is 0.164. The first-order valence-electron chi connectivity index (χ1n) is 10.4. The third kappa shape index (κ3) is 4.54. The molecule has 0 aliphatic carbocycles. The first-order valence-corrected chi connectivity index (χ1v) is 10.4.